The van der Waals surface area contributed by atoms with Gasteiger partial charge in [-0.25, -0.2) is 4.98 Å². The highest BCUT2D eigenvalue weighted by molar-refractivity contribution is 7.07. The first-order valence-corrected chi connectivity index (χ1v) is 6.02. The van der Waals surface area contributed by atoms with Crippen LogP contribution in [0.5, 0.6) is 0 Å². The average Bonchev–Trinajstić information content (AvgIpc) is 2.81. The Bertz CT molecular complexity index is 442. The number of anilines is 1. The second kappa shape index (κ2) is 5.09. The van der Waals surface area contributed by atoms with Crippen LogP contribution < -0.4 is 4.90 Å². The number of nitrogens with zero attached hydrogens (tertiary/aromatic N) is 2. The van der Waals surface area contributed by atoms with Crippen LogP contribution in [0.3, 0.4) is 0 Å². The molecule has 1 N–H and O–H groups in total. The number of thiophene rings is 1. The molecular weight excluding hydrogens is 220 g/mol. The standard InChI is InChI=1S/C12H14N2OS/c1-14(7-10-4-6-16-9-10)12-11(8-15)3-2-5-13-12/h2-6,9,15H,7-8H2,1H3. The molecule has 2 aromatic rings. The summed E-state index contributed by atoms with van der Waals surface area (Å²) in [5.41, 5.74) is 2.13. The largest absolute Gasteiger partial charge is 0.392 e. The van der Waals surface area contributed by atoms with Crippen LogP contribution in [0.2, 0.25) is 0 Å². The van der Waals surface area contributed by atoms with Gasteiger partial charge in [-0.15, -0.1) is 0 Å². The maximum absolute atomic E-state index is 9.23. The quantitative estimate of drug-likeness (QED) is 0.881. The van der Waals surface area contributed by atoms with Gasteiger partial charge in [-0.2, -0.15) is 11.3 Å². The number of rotatable bonds is 4. The Hall–Kier alpha value is -1.39. The van der Waals surface area contributed by atoms with Crippen molar-refractivity contribution in [3.8, 4) is 0 Å². The Labute approximate surface area is 99.0 Å². The molecule has 3 nitrogen and oxygen atoms in total. The van der Waals surface area contributed by atoms with Gasteiger partial charge in [-0.3, -0.25) is 0 Å². The van der Waals surface area contributed by atoms with Gasteiger partial charge in [0.25, 0.3) is 0 Å². The molecule has 0 saturated heterocycles. The molecule has 0 amide bonds. The van der Waals surface area contributed by atoms with Gasteiger partial charge in [0.15, 0.2) is 0 Å². The summed E-state index contributed by atoms with van der Waals surface area (Å²) in [5, 5.41) is 13.4. The summed E-state index contributed by atoms with van der Waals surface area (Å²) in [7, 11) is 1.99. The van der Waals surface area contributed by atoms with E-state index in [4.69, 9.17) is 0 Å². The fourth-order valence-electron chi connectivity index (χ4n) is 1.63. The summed E-state index contributed by atoms with van der Waals surface area (Å²) >= 11 is 1.69. The molecule has 2 aromatic heterocycles. The van der Waals surface area contributed by atoms with E-state index in [0.717, 1.165) is 17.9 Å². The van der Waals surface area contributed by atoms with Gasteiger partial charge in [-0.05, 0) is 28.5 Å². The minimum atomic E-state index is 0.0250. The van der Waals surface area contributed by atoms with Gasteiger partial charge >= 0.3 is 0 Å². The molecular formula is C12H14N2OS. The lowest BCUT2D eigenvalue weighted by Gasteiger charge is -2.19. The Morgan fingerprint density at radius 3 is 3.00 bits per heavy atom. The van der Waals surface area contributed by atoms with Crippen molar-refractivity contribution in [2.75, 3.05) is 11.9 Å². The van der Waals surface area contributed by atoms with E-state index in [9.17, 15) is 5.11 Å². The van der Waals surface area contributed by atoms with Crippen molar-refractivity contribution in [1.29, 1.82) is 0 Å². The monoisotopic (exact) mass is 234 g/mol. The van der Waals surface area contributed by atoms with E-state index in [0.29, 0.717) is 0 Å². The van der Waals surface area contributed by atoms with Crippen LogP contribution in [-0.2, 0) is 13.2 Å². The zero-order valence-electron chi connectivity index (χ0n) is 9.13. The van der Waals surface area contributed by atoms with Crippen molar-refractivity contribution in [3.63, 3.8) is 0 Å². The molecule has 0 aliphatic heterocycles. The smallest absolute Gasteiger partial charge is 0.134 e. The summed E-state index contributed by atoms with van der Waals surface area (Å²) in [6.07, 6.45) is 1.75. The molecule has 0 fully saturated rings. The lowest BCUT2D eigenvalue weighted by molar-refractivity contribution is 0.281. The van der Waals surface area contributed by atoms with E-state index in [1.807, 2.05) is 24.1 Å². The number of aromatic nitrogens is 1. The van der Waals surface area contributed by atoms with E-state index in [1.54, 1.807) is 17.5 Å². The summed E-state index contributed by atoms with van der Waals surface area (Å²) < 4.78 is 0. The first kappa shape index (κ1) is 11.1. The third kappa shape index (κ3) is 2.40. The minimum Gasteiger partial charge on any atom is -0.392 e. The third-order valence-electron chi connectivity index (χ3n) is 2.40. The van der Waals surface area contributed by atoms with Crippen molar-refractivity contribution < 1.29 is 5.11 Å². The van der Waals surface area contributed by atoms with Crippen molar-refractivity contribution >= 4 is 17.2 Å². The first-order valence-electron chi connectivity index (χ1n) is 5.08. The van der Waals surface area contributed by atoms with Crippen molar-refractivity contribution in [2.45, 2.75) is 13.2 Å². The fraction of sp³-hybridized carbons (Fsp3) is 0.250. The topological polar surface area (TPSA) is 36.4 Å². The molecule has 0 saturated carbocycles. The second-order valence-corrected chi connectivity index (χ2v) is 4.41. The number of hydrogen-bond donors (Lipinski definition) is 1. The normalized spacial score (nSPS) is 10.4. The Morgan fingerprint density at radius 1 is 1.44 bits per heavy atom. The van der Waals surface area contributed by atoms with Crippen molar-refractivity contribution in [1.82, 2.24) is 4.98 Å². The molecule has 16 heavy (non-hydrogen) atoms. The molecule has 2 rings (SSSR count). The molecule has 0 radical (unpaired) electrons. The Morgan fingerprint density at radius 2 is 2.31 bits per heavy atom. The predicted octanol–water partition coefficient (Wildman–Crippen LogP) is 2.27. The lowest BCUT2D eigenvalue weighted by Crippen LogP contribution is -2.19. The summed E-state index contributed by atoms with van der Waals surface area (Å²) in [6.45, 7) is 0.838. The molecule has 0 spiro atoms. The maximum atomic E-state index is 9.23. The molecule has 0 bridgehead atoms. The SMILES string of the molecule is CN(Cc1ccsc1)c1ncccc1CO. The zero-order chi connectivity index (χ0) is 11.4. The second-order valence-electron chi connectivity index (χ2n) is 3.63. The molecule has 0 aliphatic carbocycles. The fourth-order valence-corrected chi connectivity index (χ4v) is 2.29. The molecule has 0 unspecified atom stereocenters. The number of pyridine rings is 1. The van der Waals surface area contributed by atoms with Gasteiger partial charge < -0.3 is 10.0 Å². The van der Waals surface area contributed by atoms with E-state index < -0.39 is 0 Å². The summed E-state index contributed by atoms with van der Waals surface area (Å²) in [6, 6.07) is 5.84. The highest BCUT2D eigenvalue weighted by Gasteiger charge is 2.08. The molecule has 84 valence electrons. The van der Waals surface area contributed by atoms with E-state index in [-0.39, 0.29) is 6.61 Å². The number of aliphatic hydroxyl groups excluding tert-OH is 1. The van der Waals surface area contributed by atoms with Gasteiger partial charge in [0.05, 0.1) is 6.61 Å². The minimum absolute atomic E-state index is 0.0250. The molecule has 0 atom stereocenters. The molecule has 2 heterocycles. The van der Waals surface area contributed by atoms with Crippen molar-refractivity contribution in [3.05, 3.63) is 46.3 Å². The van der Waals surface area contributed by atoms with Crippen LogP contribution in [0.25, 0.3) is 0 Å². The van der Waals surface area contributed by atoms with Gasteiger partial charge in [0, 0.05) is 25.4 Å². The average molecular weight is 234 g/mol. The highest BCUT2D eigenvalue weighted by atomic mass is 32.1. The zero-order valence-corrected chi connectivity index (χ0v) is 9.94. The first-order chi connectivity index (χ1) is 7.81. The van der Waals surface area contributed by atoms with E-state index in [2.05, 4.69) is 21.8 Å². The van der Waals surface area contributed by atoms with Gasteiger partial charge in [0.2, 0.25) is 0 Å². The number of aliphatic hydroxyl groups is 1. The summed E-state index contributed by atoms with van der Waals surface area (Å²) in [5.74, 6) is 0.844. The summed E-state index contributed by atoms with van der Waals surface area (Å²) in [4.78, 5) is 6.35. The van der Waals surface area contributed by atoms with Gasteiger partial charge in [0.1, 0.15) is 5.82 Å². The lowest BCUT2D eigenvalue weighted by atomic mass is 10.2. The number of hydrogen-bond acceptors (Lipinski definition) is 4. The van der Waals surface area contributed by atoms with Crippen molar-refractivity contribution in [2.24, 2.45) is 0 Å². The highest BCUT2D eigenvalue weighted by Crippen LogP contribution is 2.18. The van der Waals surface area contributed by atoms with Crippen LogP contribution in [0.4, 0.5) is 5.82 Å². The Kier molecular flexibility index (Phi) is 3.54. The molecule has 4 heteroatoms. The Balaban J connectivity index is 2.17. The van der Waals surface area contributed by atoms with E-state index >= 15 is 0 Å². The van der Waals surface area contributed by atoms with Crippen LogP contribution in [0, 0.1) is 0 Å². The van der Waals surface area contributed by atoms with Crippen LogP contribution in [0.1, 0.15) is 11.1 Å². The van der Waals surface area contributed by atoms with Crippen LogP contribution in [0.15, 0.2) is 35.2 Å². The predicted molar refractivity (Wildman–Crippen MR) is 66.6 cm³/mol. The van der Waals surface area contributed by atoms with Gasteiger partial charge in [-0.1, -0.05) is 6.07 Å². The van der Waals surface area contributed by atoms with Crippen LogP contribution >= 0.6 is 11.3 Å². The van der Waals surface area contributed by atoms with E-state index in [1.165, 1.54) is 5.56 Å². The molecule has 0 aromatic carbocycles. The maximum Gasteiger partial charge on any atom is 0.134 e. The molecule has 0 aliphatic rings. The van der Waals surface area contributed by atoms with Crippen LogP contribution in [-0.4, -0.2) is 17.1 Å². The third-order valence-corrected chi connectivity index (χ3v) is 3.13.